The van der Waals surface area contributed by atoms with Crippen molar-refractivity contribution in [3.63, 3.8) is 0 Å². The van der Waals surface area contributed by atoms with E-state index in [1.165, 1.54) is 0 Å². The van der Waals surface area contributed by atoms with Crippen LogP contribution in [0, 0.1) is 5.41 Å². The van der Waals surface area contributed by atoms with Gasteiger partial charge in [0.25, 0.3) is 0 Å². The van der Waals surface area contributed by atoms with Crippen molar-refractivity contribution < 1.29 is 4.79 Å². The molecule has 4 heteroatoms. The summed E-state index contributed by atoms with van der Waals surface area (Å²) in [6.45, 7) is 12.6. The Bertz CT molecular complexity index is 234. The average Bonchev–Trinajstić information content (AvgIpc) is 2.43. The number of carbonyl (C=O) groups is 1. The van der Waals surface area contributed by atoms with Crippen LogP contribution >= 0.6 is 0 Å². The first kappa shape index (κ1) is 18.4. The Hall–Kier alpha value is -0.610. The zero-order valence-electron chi connectivity index (χ0n) is 13.3. The van der Waals surface area contributed by atoms with Gasteiger partial charge in [-0.05, 0) is 25.9 Å². The Balaban J connectivity index is 4.39. The van der Waals surface area contributed by atoms with Gasteiger partial charge in [0.05, 0.1) is 5.41 Å². The van der Waals surface area contributed by atoms with Gasteiger partial charge in [0.2, 0.25) is 5.91 Å². The maximum Gasteiger partial charge on any atom is 0.227 e. The van der Waals surface area contributed by atoms with Gasteiger partial charge in [0.1, 0.15) is 0 Å². The molecule has 0 saturated heterocycles. The summed E-state index contributed by atoms with van der Waals surface area (Å²) in [4.78, 5) is 14.7. The Morgan fingerprint density at radius 1 is 1.11 bits per heavy atom. The molecule has 0 atom stereocenters. The fourth-order valence-corrected chi connectivity index (χ4v) is 2.66. The van der Waals surface area contributed by atoms with Gasteiger partial charge in [-0.3, -0.25) is 4.79 Å². The lowest BCUT2D eigenvalue weighted by atomic mass is 9.78. The number of likely N-dealkylation sites (N-methyl/N-ethyl adjacent to an activating group) is 1. The first-order valence-electron chi connectivity index (χ1n) is 7.80. The quantitative estimate of drug-likeness (QED) is 0.604. The summed E-state index contributed by atoms with van der Waals surface area (Å²) in [5.41, 5.74) is 5.54. The number of carbonyl (C=O) groups excluding carboxylic acids is 1. The molecule has 0 aliphatic heterocycles. The van der Waals surface area contributed by atoms with Crippen molar-refractivity contribution in [2.24, 2.45) is 11.1 Å². The van der Waals surface area contributed by atoms with Crippen LogP contribution in [0.5, 0.6) is 0 Å². The van der Waals surface area contributed by atoms with Gasteiger partial charge < -0.3 is 16.0 Å². The third-order valence-electron chi connectivity index (χ3n) is 3.94. The minimum absolute atomic E-state index is 0.144. The van der Waals surface area contributed by atoms with Gasteiger partial charge in [0, 0.05) is 19.6 Å². The second-order valence-corrected chi connectivity index (χ2v) is 5.27. The highest BCUT2D eigenvalue weighted by Gasteiger charge is 2.34. The lowest BCUT2D eigenvalue weighted by Gasteiger charge is -2.31. The van der Waals surface area contributed by atoms with Crippen LogP contribution in [0.2, 0.25) is 0 Å². The Kier molecular flexibility index (Phi) is 9.88. The van der Waals surface area contributed by atoms with Crippen molar-refractivity contribution in [3.8, 4) is 0 Å². The molecule has 114 valence electrons. The van der Waals surface area contributed by atoms with E-state index in [4.69, 9.17) is 5.73 Å². The van der Waals surface area contributed by atoms with Crippen molar-refractivity contribution in [1.29, 1.82) is 0 Å². The molecule has 1 amide bonds. The van der Waals surface area contributed by atoms with Crippen molar-refractivity contribution in [2.45, 2.75) is 53.4 Å². The smallest absolute Gasteiger partial charge is 0.227 e. The van der Waals surface area contributed by atoms with E-state index in [2.05, 4.69) is 37.9 Å². The third kappa shape index (κ3) is 5.91. The largest absolute Gasteiger partial charge is 0.354 e. The standard InChI is InChI=1S/C15H33N3O/c1-5-9-15(13-16,10-6-2)14(19)17-11-12-18(7-3)8-4/h5-13,16H2,1-4H3,(H,17,19). The monoisotopic (exact) mass is 271 g/mol. The number of nitrogens with two attached hydrogens (primary N) is 1. The van der Waals surface area contributed by atoms with Crippen molar-refractivity contribution in [3.05, 3.63) is 0 Å². The Morgan fingerprint density at radius 2 is 1.63 bits per heavy atom. The molecule has 0 aromatic heterocycles. The molecule has 0 spiro atoms. The molecule has 0 fully saturated rings. The number of amides is 1. The molecule has 0 radical (unpaired) electrons. The summed E-state index contributed by atoms with van der Waals surface area (Å²) >= 11 is 0. The topological polar surface area (TPSA) is 58.4 Å². The lowest BCUT2D eigenvalue weighted by Crippen LogP contribution is -2.47. The summed E-state index contributed by atoms with van der Waals surface area (Å²) < 4.78 is 0. The zero-order chi connectivity index (χ0) is 14.7. The molecule has 19 heavy (non-hydrogen) atoms. The highest BCUT2D eigenvalue weighted by atomic mass is 16.2. The fraction of sp³-hybridized carbons (Fsp3) is 0.933. The highest BCUT2D eigenvalue weighted by Crippen LogP contribution is 2.28. The highest BCUT2D eigenvalue weighted by molar-refractivity contribution is 5.82. The maximum absolute atomic E-state index is 12.4. The van der Waals surface area contributed by atoms with Crippen LogP contribution < -0.4 is 11.1 Å². The second-order valence-electron chi connectivity index (χ2n) is 5.27. The molecule has 4 nitrogen and oxygen atoms in total. The first-order valence-corrected chi connectivity index (χ1v) is 7.80. The third-order valence-corrected chi connectivity index (χ3v) is 3.94. The molecule has 0 unspecified atom stereocenters. The minimum Gasteiger partial charge on any atom is -0.354 e. The van der Waals surface area contributed by atoms with E-state index in [9.17, 15) is 4.79 Å². The molecule has 0 aromatic carbocycles. The summed E-state index contributed by atoms with van der Waals surface area (Å²) in [5, 5.41) is 3.08. The van der Waals surface area contributed by atoms with Gasteiger partial charge in [-0.2, -0.15) is 0 Å². The van der Waals surface area contributed by atoms with Crippen LogP contribution in [0.1, 0.15) is 53.4 Å². The van der Waals surface area contributed by atoms with Crippen molar-refractivity contribution in [1.82, 2.24) is 10.2 Å². The first-order chi connectivity index (χ1) is 9.10. The number of rotatable bonds is 11. The lowest BCUT2D eigenvalue weighted by molar-refractivity contribution is -0.131. The SMILES string of the molecule is CCCC(CN)(CCC)C(=O)NCCN(CC)CC. The summed E-state index contributed by atoms with van der Waals surface area (Å²) in [5.74, 6) is 0.144. The van der Waals surface area contributed by atoms with E-state index in [1.54, 1.807) is 0 Å². The van der Waals surface area contributed by atoms with Gasteiger partial charge >= 0.3 is 0 Å². The molecule has 0 aliphatic rings. The Morgan fingerprint density at radius 3 is 2.00 bits per heavy atom. The van der Waals surface area contributed by atoms with E-state index in [-0.39, 0.29) is 11.3 Å². The van der Waals surface area contributed by atoms with E-state index < -0.39 is 0 Å². The predicted octanol–water partition coefficient (Wildman–Crippen LogP) is 1.99. The van der Waals surface area contributed by atoms with Crippen LogP contribution in [0.15, 0.2) is 0 Å². The van der Waals surface area contributed by atoms with Crippen LogP contribution in [0.25, 0.3) is 0 Å². The molecule has 0 bridgehead atoms. The van der Waals surface area contributed by atoms with Crippen LogP contribution in [0.3, 0.4) is 0 Å². The van der Waals surface area contributed by atoms with Gasteiger partial charge in [0.15, 0.2) is 0 Å². The van der Waals surface area contributed by atoms with Crippen molar-refractivity contribution in [2.75, 3.05) is 32.7 Å². The average molecular weight is 271 g/mol. The zero-order valence-corrected chi connectivity index (χ0v) is 13.3. The normalized spacial score (nSPS) is 11.9. The maximum atomic E-state index is 12.4. The van der Waals surface area contributed by atoms with Crippen molar-refractivity contribution >= 4 is 5.91 Å². The van der Waals surface area contributed by atoms with Gasteiger partial charge in [-0.15, -0.1) is 0 Å². The molecule has 0 aromatic rings. The molecule has 0 saturated carbocycles. The van der Waals surface area contributed by atoms with E-state index in [0.29, 0.717) is 6.54 Å². The second kappa shape index (κ2) is 10.2. The van der Waals surface area contributed by atoms with Gasteiger partial charge in [-0.25, -0.2) is 0 Å². The van der Waals surface area contributed by atoms with Crippen LogP contribution in [-0.4, -0.2) is 43.5 Å². The Labute approximate surface area is 119 Å². The van der Waals surface area contributed by atoms with Crippen LogP contribution in [0.4, 0.5) is 0 Å². The molecular formula is C15H33N3O. The summed E-state index contributed by atoms with van der Waals surface area (Å²) in [6, 6.07) is 0. The molecule has 0 rings (SSSR count). The predicted molar refractivity (Wildman–Crippen MR) is 82.1 cm³/mol. The van der Waals surface area contributed by atoms with E-state index in [0.717, 1.165) is 51.9 Å². The molecular weight excluding hydrogens is 238 g/mol. The molecule has 0 heterocycles. The van der Waals surface area contributed by atoms with E-state index >= 15 is 0 Å². The summed E-state index contributed by atoms with van der Waals surface area (Å²) in [6.07, 6.45) is 3.77. The number of hydrogen-bond acceptors (Lipinski definition) is 3. The number of hydrogen-bond donors (Lipinski definition) is 2. The number of nitrogens with zero attached hydrogens (tertiary/aromatic N) is 1. The van der Waals surface area contributed by atoms with E-state index in [1.807, 2.05) is 0 Å². The molecule has 3 N–H and O–H groups in total. The fourth-order valence-electron chi connectivity index (χ4n) is 2.66. The van der Waals surface area contributed by atoms with Crippen LogP contribution in [-0.2, 0) is 4.79 Å². The number of nitrogens with one attached hydrogen (secondary N) is 1. The summed E-state index contributed by atoms with van der Waals surface area (Å²) in [7, 11) is 0. The van der Waals surface area contributed by atoms with Gasteiger partial charge in [-0.1, -0.05) is 40.5 Å². The minimum atomic E-state index is -0.354. The molecule has 0 aliphatic carbocycles.